The first-order valence-corrected chi connectivity index (χ1v) is 4.88. The number of amides is 2. The summed E-state index contributed by atoms with van der Waals surface area (Å²) >= 11 is 0. The highest BCUT2D eigenvalue weighted by Crippen LogP contribution is 1.94. The van der Waals surface area contributed by atoms with Crippen LogP contribution in [0.4, 0.5) is 4.79 Å². The molecule has 1 heterocycles. The van der Waals surface area contributed by atoms with Crippen LogP contribution in [0.1, 0.15) is 5.56 Å². The second kappa shape index (κ2) is 5.85. The smallest absolute Gasteiger partial charge is 0.328 e. The number of aliphatic carboxylic acids is 1. The third-order valence-electron chi connectivity index (χ3n) is 2.00. The van der Waals surface area contributed by atoms with Crippen LogP contribution in [-0.2, 0) is 18.4 Å². The van der Waals surface area contributed by atoms with E-state index in [1.54, 1.807) is 24.1 Å². The van der Waals surface area contributed by atoms with Crippen LogP contribution in [0.2, 0.25) is 0 Å². The molecule has 1 rings (SSSR count). The molecular formula is C9H14N4O4. The van der Waals surface area contributed by atoms with Crippen molar-refractivity contribution in [3.63, 3.8) is 0 Å². The molecule has 0 spiro atoms. The van der Waals surface area contributed by atoms with E-state index in [9.17, 15) is 9.59 Å². The third kappa shape index (κ3) is 4.11. The van der Waals surface area contributed by atoms with Crippen molar-refractivity contribution < 1.29 is 19.8 Å². The summed E-state index contributed by atoms with van der Waals surface area (Å²) in [6.07, 6.45) is 3.31. The number of hydrogen-bond donors (Lipinski definition) is 4. The summed E-state index contributed by atoms with van der Waals surface area (Å²) in [6, 6.07) is -1.96. The van der Waals surface area contributed by atoms with E-state index in [1.165, 1.54) is 0 Å². The second-order valence-electron chi connectivity index (χ2n) is 3.42. The minimum absolute atomic E-state index is 0.234. The van der Waals surface area contributed by atoms with E-state index < -0.39 is 24.6 Å². The van der Waals surface area contributed by atoms with Crippen LogP contribution in [0.25, 0.3) is 0 Å². The molecule has 0 saturated heterocycles. The van der Waals surface area contributed by atoms with E-state index in [0.717, 1.165) is 5.56 Å². The zero-order chi connectivity index (χ0) is 12.8. The van der Waals surface area contributed by atoms with Crippen LogP contribution in [-0.4, -0.2) is 44.6 Å². The van der Waals surface area contributed by atoms with Gasteiger partial charge in [-0.15, -0.1) is 0 Å². The summed E-state index contributed by atoms with van der Waals surface area (Å²) in [6.45, 7) is -0.424. The molecule has 2 amide bonds. The molecule has 0 radical (unpaired) electrons. The van der Waals surface area contributed by atoms with Gasteiger partial charge in [-0.3, -0.25) is 4.68 Å². The van der Waals surface area contributed by atoms with Gasteiger partial charge in [-0.1, -0.05) is 0 Å². The number of aromatic nitrogens is 2. The molecule has 1 unspecified atom stereocenters. The monoisotopic (exact) mass is 242 g/mol. The number of aryl methyl sites for hydroxylation is 1. The van der Waals surface area contributed by atoms with Crippen molar-refractivity contribution in [2.45, 2.75) is 12.6 Å². The quantitative estimate of drug-likeness (QED) is 0.510. The summed E-state index contributed by atoms with van der Waals surface area (Å²) < 4.78 is 1.59. The number of nitrogens with zero attached hydrogens (tertiary/aromatic N) is 2. The van der Waals surface area contributed by atoms with Gasteiger partial charge in [0.05, 0.1) is 12.8 Å². The first-order chi connectivity index (χ1) is 8.02. The highest BCUT2D eigenvalue weighted by Gasteiger charge is 2.18. The zero-order valence-corrected chi connectivity index (χ0v) is 9.25. The number of aliphatic hydroxyl groups is 1. The van der Waals surface area contributed by atoms with Gasteiger partial charge < -0.3 is 20.8 Å². The minimum Gasteiger partial charge on any atom is -0.480 e. The molecule has 0 bridgehead atoms. The van der Waals surface area contributed by atoms with Gasteiger partial charge in [0, 0.05) is 25.4 Å². The lowest BCUT2D eigenvalue weighted by Gasteiger charge is -2.11. The summed E-state index contributed by atoms with van der Waals surface area (Å²) in [4.78, 5) is 21.8. The fourth-order valence-corrected chi connectivity index (χ4v) is 1.14. The topological polar surface area (TPSA) is 116 Å². The molecule has 0 aliphatic rings. The number of urea groups is 1. The van der Waals surface area contributed by atoms with Gasteiger partial charge in [0.15, 0.2) is 6.04 Å². The van der Waals surface area contributed by atoms with Crippen LogP contribution in [0.3, 0.4) is 0 Å². The Balaban J connectivity index is 2.37. The molecule has 94 valence electrons. The first kappa shape index (κ1) is 13.0. The van der Waals surface area contributed by atoms with Gasteiger partial charge in [-0.05, 0) is 0 Å². The molecule has 0 aromatic carbocycles. The largest absolute Gasteiger partial charge is 0.480 e. The number of hydrogen-bond acceptors (Lipinski definition) is 4. The number of aliphatic hydroxyl groups excluding tert-OH is 1. The molecule has 1 aromatic heterocycles. The van der Waals surface area contributed by atoms with Crippen LogP contribution < -0.4 is 10.6 Å². The van der Waals surface area contributed by atoms with Gasteiger partial charge in [-0.2, -0.15) is 5.10 Å². The molecule has 1 atom stereocenters. The van der Waals surface area contributed by atoms with Crippen molar-refractivity contribution in [2.75, 3.05) is 6.61 Å². The average Bonchev–Trinajstić information content (AvgIpc) is 2.68. The summed E-state index contributed by atoms with van der Waals surface area (Å²) in [5.74, 6) is -1.29. The number of carboxylic acids is 1. The Morgan fingerprint density at radius 3 is 2.76 bits per heavy atom. The van der Waals surface area contributed by atoms with Gasteiger partial charge in [0.2, 0.25) is 0 Å². The van der Waals surface area contributed by atoms with E-state index in [4.69, 9.17) is 10.2 Å². The molecule has 0 aliphatic carbocycles. The van der Waals surface area contributed by atoms with E-state index in [1.807, 2.05) is 0 Å². The first-order valence-electron chi connectivity index (χ1n) is 4.88. The minimum atomic E-state index is -1.30. The summed E-state index contributed by atoms with van der Waals surface area (Å²) in [5, 5.41) is 25.8. The SMILES string of the molecule is Cn1cc(CNC(=O)NC(CO)C(=O)O)cn1. The van der Waals surface area contributed by atoms with Crippen molar-refractivity contribution in [3.8, 4) is 0 Å². The Morgan fingerprint density at radius 1 is 1.59 bits per heavy atom. The average molecular weight is 242 g/mol. The Bertz CT molecular complexity index is 403. The molecule has 8 nitrogen and oxygen atoms in total. The maximum absolute atomic E-state index is 11.3. The lowest BCUT2D eigenvalue weighted by Crippen LogP contribution is -2.47. The predicted molar refractivity (Wildman–Crippen MR) is 57.1 cm³/mol. The normalized spacial score (nSPS) is 11.9. The zero-order valence-electron chi connectivity index (χ0n) is 9.25. The molecule has 0 fully saturated rings. The third-order valence-corrected chi connectivity index (χ3v) is 2.00. The van der Waals surface area contributed by atoms with Crippen molar-refractivity contribution >= 4 is 12.0 Å². The Hall–Kier alpha value is -2.09. The maximum Gasteiger partial charge on any atom is 0.328 e. The second-order valence-corrected chi connectivity index (χ2v) is 3.42. The Kier molecular flexibility index (Phi) is 4.46. The number of nitrogens with one attached hydrogen (secondary N) is 2. The molecule has 17 heavy (non-hydrogen) atoms. The molecule has 0 aliphatic heterocycles. The Labute approximate surface area is 97.2 Å². The van der Waals surface area contributed by atoms with E-state index in [2.05, 4.69) is 15.7 Å². The van der Waals surface area contributed by atoms with Gasteiger partial charge in [0.1, 0.15) is 0 Å². The van der Waals surface area contributed by atoms with Crippen LogP contribution in [0.5, 0.6) is 0 Å². The van der Waals surface area contributed by atoms with Crippen LogP contribution in [0.15, 0.2) is 12.4 Å². The van der Waals surface area contributed by atoms with Crippen molar-refractivity contribution in [2.24, 2.45) is 7.05 Å². The predicted octanol–water partition coefficient (Wildman–Crippen LogP) is -1.34. The molecule has 0 saturated carbocycles. The fourth-order valence-electron chi connectivity index (χ4n) is 1.14. The molecule has 1 aromatic rings. The van der Waals surface area contributed by atoms with Gasteiger partial charge in [-0.25, -0.2) is 9.59 Å². The number of rotatable bonds is 5. The Morgan fingerprint density at radius 2 is 2.29 bits per heavy atom. The maximum atomic E-state index is 11.3. The number of carbonyl (C=O) groups is 2. The van der Waals surface area contributed by atoms with E-state index >= 15 is 0 Å². The summed E-state index contributed by atoms with van der Waals surface area (Å²) in [7, 11) is 1.75. The van der Waals surface area contributed by atoms with E-state index in [0.29, 0.717) is 0 Å². The number of carbonyl (C=O) groups excluding carboxylic acids is 1. The highest BCUT2D eigenvalue weighted by molar-refractivity contribution is 5.82. The van der Waals surface area contributed by atoms with Gasteiger partial charge in [0.25, 0.3) is 0 Å². The lowest BCUT2D eigenvalue weighted by atomic mass is 10.3. The van der Waals surface area contributed by atoms with E-state index in [-0.39, 0.29) is 6.54 Å². The van der Waals surface area contributed by atoms with Gasteiger partial charge >= 0.3 is 12.0 Å². The molecule has 8 heteroatoms. The molecular weight excluding hydrogens is 228 g/mol. The van der Waals surface area contributed by atoms with Crippen molar-refractivity contribution in [1.29, 1.82) is 0 Å². The lowest BCUT2D eigenvalue weighted by molar-refractivity contribution is -0.140. The van der Waals surface area contributed by atoms with Crippen LogP contribution >= 0.6 is 0 Å². The molecule has 4 N–H and O–H groups in total. The van der Waals surface area contributed by atoms with Crippen molar-refractivity contribution in [3.05, 3.63) is 18.0 Å². The summed E-state index contributed by atoms with van der Waals surface area (Å²) in [5.41, 5.74) is 0.790. The van der Waals surface area contributed by atoms with Crippen molar-refractivity contribution in [1.82, 2.24) is 20.4 Å². The highest BCUT2D eigenvalue weighted by atomic mass is 16.4. The number of carboxylic acid groups (broad SMARTS) is 1. The van der Waals surface area contributed by atoms with Crippen LogP contribution in [0, 0.1) is 0 Å². The standard InChI is InChI=1S/C9H14N4O4/c1-13-4-6(3-11-13)2-10-9(17)12-7(5-14)8(15)16/h3-4,7,14H,2,5H2,1H3,(H,15,16)(H2,10,12,17). The fraction of sp³-hybridized carbons (Fsp3) is 0.444.